The van der Waals surface area contributed by atoms with Crippen LogP contribution in [0.25, 0.3) is 0 Å². The van der Waals surface area contributed by atoms with Crippen molar-refractivity contribution in [1.82, 2.24) is 4.90 Å². The van der Waals surface area contributed by atoms with Gasteiger partial charge in [0.25, 0.3) is 0 Å². The monoisotopic (exact) mass is 261 g/mol. The number of amides is 1. The molecule has 104 valence electrons. The second-order valence-corrected chi connectivity index (χ2v) is 7.06. The fraction of sp³-hybridized carbons (Fsp3) is 0.812. The molecule has 19 heavy (non-hydrogen) atoms. The van der Waals surface area contributed by atoms with Gasteiger partial charge in [0.05, 0.1) is 18.6 Å². The summed E-state index contributed by atoms with van der Waals surface area (Å²) in [6, 6.07) is 0.437. The second-order valence-electron chi connectivity index (χ2n) is 7.06. The van der Waals surface area contributed by atoms with Crippen molar-refractivity contribution >= 4 is 5.91 Å². The van der Waals surface area contributed by atoms with Crippen LogP contribution >= 0.6 is 0 Å². The third kappa shape index (κ3) is 1.51. The van der Waals surface area contributed by atoms with Gasteiger partial charge in [-0.2, -0.15) is 0 Å². The topological polar surface area (TPSA) is 29.5 Å². The van der Waals surface area contributed by atoms with Gasteiger partial charge in [-0.05, 0) is 24.7 Å². The lowest BCUT2D eigenvalue weighted by Crippen LogP contribution is -2.46. The molecule has 3 nitrogen and oxygen atoms in total. The van der Waals surface area contributed by atoms with Gasteiger partial charge in [-0.25, -0.2) is 0 Å². The van der Waals surface area contributed by atoms with E-state index in [1.165, 1.54) is 19.3 Å². The van der Waals surface area contributed by atoms with E-state index in [0.717, 1.165) is 18.9 Å². The number of carbonyl (C=O) groups is 1. The summed E-state index contributed by atoms with van der Waals surface area (Å²) in [5.41, 5.74) is -0.262. The molecule has 6 unspecified atom stereocenters. The maximum atomic E-state index is 12.7. The second kappa shape index (κ2) is 3.85. The normalized spacial score (nSPS) is 52.0. The van der Waals surface area contributed by atoms with Crippen molar-refractivity contribution in [2.75, 3.05) is 6.54 Å². The summed E-state index contributed by atoms with van der Waals surface area (Å²) in [4.78, 5) is 14.9. The van der Waals surface area contributed by atoms with Crippen LogP contribution in [-0.2, 0) is 9.53 Å². The number of ether oxygens (including phenoxy) is 1. The van der Waals surface area contributed by atoms with E-state index in [2.05, 4.69) is 30.9 Å². The Labute approximate surface area is 115 Å². The minimum absolute atomic E-state index is 0.104. The summed E-state index contributed by atoms with van der Waals surface area (Å²) in [6.45, 7) is 5.45. The smallest absolute Gasteiger partial charge is 0.229 e. The van der Waals surface area contributed by atoms with Crippen LogP contribution < -0.4 is 0 Å². The van der Waals surface area contributed by atoms with E-state index in [1.807, 2.05) is 0 Å². The van der Waals surface area contributed by atoms with E-state index in [9.17, 15) is 4.79 Å². The predicted octanol–water partition coefficient (Wildman–Crippen LogP) is 2.37. The van der Waals surface area contributed by atoms with E-state index in [1.54, 1.807) is 0 Å². The molecule has 3 aliphatic heterocycles. The first-order chi connectivity index (χ1) is 9.11. The van der Waals surface area contributed by atoms with Crippen LogP contribution in [0, 0.1) is 17.8 Å². The zero-order chi connectivity index (χ0) is 13.2. The molecular weight excluding hydrogens is 238 g/mol. The standard InChI is InChI=1S/C16H23NO2/c1-10-4-3-5-14(11(10)2)17-9-16-7-6-12(19-16)8-13(16)15(17)18/h6-7,10-14H,3-5,8-9H2,1-2H3. The first kappa shape index (κ1) is 12.0. The van der Waals surface area contributed by atoms with E-state index in [0.29, 0.717) is 17.9 Å². The van der Waals surface area contributed by atoms with Gasteiger partial charge in [0, 0.05) is 6.04 Å². The predicted molar refractivity (Wildman–Crippen MR) is 72.5 cm³/mol. The summed E-state index contributed by atoms with van der Waals surface area (Å²) in [6.07, 6.45) is 9.18. The molecule has 0 aromatic rings. The molecule has 3 fully saturated rings. The Hall–Kier alpha value is -0.830. The van der Waals surface area contributed by atoms with Crippen molar-refractivity contribution in [3.8, 4) is 0 Å². The third-order valence-corrected chi connectivity index (χ3v) is 6.08. The molecule has 1 aliphatic carbocycles. The summed E-state index contributed by atoms with van der Waals surface area (Å²) < 4.78 is 6.06. The van der Waals surface area contributed by atoms with Crippen LogP contribution in [0.3, 0.4) is 0 Å². The average Bonchev–Trinajstić information content (AvgIpc) is 3.03. The molecule has 0 aromatic carbocycles. The van der Waals surface area contributed by atoms with Crippen molar-refractivity contribution < 1.29 is 9.53 Å². The molecule has 0 N–H and O–H groups in total. The number of hydrogen-bond donors (Lipinski definition) is 0. The maximum Gasteiger partial charge on any atom is 0.229 e. The average molecular weight is 261 g/mol. The third-order valence-electron chi connectivity index (χ3n) is 6.08. The van der Waals surface area contributed by atoms with Crippen LogP contribution in [0.4, 0.5) is 0 Å². The highest BCUT2D eigenvalue weighted by Crippen LogP contribution is 2.50. The Bertz CT molecular complexity index is 446. The van der Waals surface area contributed by atoms with Crippen LogP contribution in [0.5, 0.6) is 0 Å². The SMILES string of the molecule is CC1CCCC(N2CC34C=CC(CC3C2=O)O4)C1C. The number of fused-ring (bicyclic) bond motifs is 1. The van der Waals surface area contributed by atoms with Crippen molar-refractivity contribution in [2.24, 2.45) is 17.8 Å². The first-order valence-electron chi connectivity index (χ1n) is 7.78. The molecule has 4 rings (SSSR count). The Balaban J connectivity index is 1.60. The molecule has 3 heteroatoms. The van der Waals surface area contributed by atoms with Crippen LogP contribution in [0.2, 0.25) is 0 Å². The Morgan fingerprint density at radius 3 is 2.95 bits per heavy atom. The van der Waals surface area contributed by atoms with Gasteiger partial charge in [-0.1, -0.05) is 38.8 Å². The van der Waals surface area contributed by atoms with Crippen molar-refractivity contribution in [1.29, 1.82) is 0 Å². The quantitative estimate of drug-likeness (QED) is 0.678. The number of likely N-dealkylation sites (tertiary alicyclic amines) is 1. The largest absolute Gasteiger partial charge is 0.361 e. The van der Waals surface area contributed by atoms with Gasteiger partial charge in [-0.3, -0.25) is 4.79 Å². The van der Waals surface area contributed by atoms with Crippen LogP contribution in [0.15, 0.2) is 12.2 Å². The van der Waals surface area contributed by atoms with Crippen molar-refractivity contribution in [2.45, 2.75) is 57.3 Å². The van der Waals surface area contributed by atoms with E-state index in [-0.39, 0.29) is 17.6 Å². The lowest BCUT2D eigenvalue weighted by atomic mass is 9.77. The number of nitrogens with zero attached hydrogens (tertiary/aromatic N) is 1. The van der Waals surface area contributed by atoms with Gasteiger partial charge in [0.15, 0.2) is 0 Å². The zero-order valence-electron chi connectivity index (χ0n) is 11.8. The molecule has 1 saturated carbocycles. The summed E-state index contributed by atoms with van der Waals surface area (Å²) in [5, 5.41) is 0. The van der Waals surface area contributed by atoms with Gasteiger partial charge < -0.3 is 9.64 Å². The van der Waals surface area contributed by atoms with Gasteiger partial charge >= 0.3 is 0 Å². The number of hydrogen-bond acceptors (Lipinski definition) is 2. The highest BCUT2D eigenvalue weighted by atomic mass is 16.5. The van der Waals surface area contributed by atoms with Crippen molar-refractivity contribution in [3.05, 3.63) is 12.2 Å². The summed E-state index contributed by atoms with van der Waals surface area (Å²) >= 11 is 0. The number of carbonyl (C=O) groups excluding carboxylic acids is 1. The molecule has 2 bridgehead atoms. The van der Waals surface area contributed by atoms with Gasteiger partial charge in [0.2, 0.25) is 5.91 Å². The van der Waals surface area contributed by atoms with E-state index in [4.69, 9.17) is 4.74 Å². The molecule has 2 saturated heterocycles. The molecule has 4 aliphatic rings. The summed E-state index contributed by atoms with van der Waals surface area (Å²) in [7, 11) is 0. The lowest BCUT2D eigenvalue weighted by Gasteiger charge is -2.40. The Morgan fingerprint density at radius 2 is 2.21 bits per heavy atom. The van der Waals surface area contributed by atoms with Crippen LogP contribution in [0.1, 0.15) is 39.5 Å². The minimum Gasteiger partial charge on any atom is -0.361 e. The molecular formula is C16H23NO2. The molecule has 3 heterocycles. The Kier molecular flexibility index (Phi) is 2.42. The first-order valence-corrected chi connectivity index (χ1v) is 7.78. The zero-order valence-corrected chi connectivity index (χ0v) is 11.8. The van der Waals surface area contributed by atoms with Gasteiger partial charge in [0.1, 0.15) is 5.60 Å². The van der Waals surface area contributed by atoms with E-state index >= 15 is 0 Å². The highest BCUT2D eigenvalue weighted by Gasteiger charge is 2.61. The van der Waals surface area contributed by atoms with Crippen molar-refractivity contribution in [3.63, 3.8) is 0 Å². The maximum absolute atomic E-state index is 12.7. The Morgan fingerprint density at radius 1 is 1.37 bits per heavy atom. The molecule has 1 spiro atoms. The summed E-state index contributed by atoms with van der Waals surface area (Å²) in [5.74, 6) is 1.82. The lowest BCUT2D eigenvalue weighted by molar-refractivity contribution is -0.135. The molecule has 1 amide bonds. The van der Waals surface area contributed by atoms with Crippen LogP contribution in [-0.4, -0.2) is 35.1 Å². The molecule has 0 aromatic heterocycles. The highest BCUT2D eigenvalue weighted by molar-refractivity contribution is 5.85. The fourth-order valence-corrected chi connectivity index (χ4v) is 4.72. The molecule has 6 atom stereocenters. The van der Waals surface area contributed by atoms with Gasteiger partial charge in [-0.15, -0.1) is 0 Å². The minimum atomic E-state index is -0.262. The molecule has 0 radical (unpaired) electrons. The van der Waals surface area contributed by atoms with E-state index < -0.39 is 0 Å². The number of rotatable bonds is 1. The fourth-order valence-electron chi connectivity index (χ4n) is 4.72.